The van der Waals surface area contributed by atoms with Crippen LogP contribution < -0.4 is 9.80 Å². The Morgan fingerprint density at radius 2 is 2.44 bits per heavy atom. The maximum Gasteiger partial charge on any atom is 0.224 e. The van der Waals surface area contributed by atoms with E-state index in [4.69, 9.17) is 21.4 Å². The van der Waals surface area contributed by atoms with Gasteiger partial charge in [-0.05, 0) is 11.6 Å². The van der Waals surface area contributed by atoms with Crippen LogP contribution in [0.3, 0.4) is 0 Å². The number of fused-ring (bicyclic) bond motifs is 3. The Labute approximate surface area is 110 Å². The normalized spacial score (nSPS) is 22.7. The second-order valence-corrected chi connectivity index (χ2v) is 4.78. The van der Waals surface area contributed by atoms with Gasteiger partial charge in [0.2, 0.25) is 5.28 Å². The van der Waals surface area contributed by atoms with Crippen molar-refractivity contribution in [3.63, 3.8) is 0 Å². The van der Waals surface area contributed by atoms with Crippen molar-refractivity contribution in [3.05, 3.63) is 11.5 Å². The lowest BCUT2D eigenvalue weighted by molar-refractivity contribution is 0.0933. The Balaban J connectivity index is 2.00. The average Bonchev–Trinajstić information content (AvgIpc) is 2.39. The van der Waals surface area contributed by atoms with Gasteiger partial charge in [0, 0.05) is 19.6 Å². The third kappa shape index (κ3) is 2.00. The minimum atomic E-state index is 0.107. The summed E-state index contributed by atoms with van der Waals surface area (Å²) in [6, 6.07) is 0.267. The van der Waals surface area contributed by atoms with E-state index >= 15 is 0 Å². The Morgan fingerprint density at radius 3 is 3.28 bits per heavy atom. The third-order valence-electron chi connectivity index (χ3n) is 3.36. The van der Waals surface area contributed by atoms with Crippen molar-refractivity contribution in [2.24, 2.45) is 0 Å². The van der Waals surface area contributed by atoms with E-state index in [9.17, 15) is 0 Å². The van der Waals surface area contributed by atoms with E-state index in [0.29, 0.717) is 19.8 Å². The van der Waals surface area contributed by atoms with Gasteiger partial charge in [0.15, 0.2) is 5.82 Å². The van der Waals surface area contributed by atoms with Gasteiger partial charge in [-0.3, -0.25) is 0 Å². The molecular weight excluding hydrogens is 256 g/mol. The van der Waals surface area contributed by atoms with Crippen LogP contribution in [0.5, 0.6) is 0 Å². The Hall–Kier alpha value is -1.11. The highest BCUT2D eigenvalue weighted by Crippen LogP contribution is 2.34. The number of aliphatic hydroxyl groups is 1. The first-order valence-electron chi connectivity index (χ1n) is 6.02. The number of aromatic nitrogens is 2. The molecule has 6 nitrogen and oxygen atoms in total. The molecule has 0 radical (unpaired) electrons. The molecule has 3 heterocycles. The highest BCUT2D eigenvalue weighted by Gasteiger charge is 2.34. The molecule has 1 N–H and O–H groups in total. The Kier molecular flexibility index (Phi) is 3.23. The lowest BCUT2D eigenvalue weighted by Gasteiger charge is -2.45. The molecule has 0 bridgehead atoms. The zero-order valence-corrected chi connectivity index (χ0v) is 10.7. The van der Waals surface area contributed by atoms with Gasteiger partial charge in [0.1, 0.15) is 0 Å². The maximum atomic E-state index is 9.14. The molecule has 1 unspecified atom stereocenters. The van der Waals surface area contributed by atoms with Crippen molar-refractivity contribution in [2.45, 2.75) is 6.04 Å². The zero-order valence-electron chi connectivity index (χ0n) is 9.92. The van der Waals surface area contributed by atoms with Crippen LogP contribution in [0.25, 0.3) is 0 Å². The topological polar surface area (TPSA) is 61.7 Å². The molecule has 1 aromatic rings. The van der Waals surface area contributed by atoms with Crippen molar-refractivity contribution < 1.29 is 9.84 Å². The quantitative estimate of drug-likeness (QED) is 0.772. The first-order valence-corrected chi connectivity index (χ1v) is 6.40. The van der Waals surface area contributed by atoms with E-state index in [0.717, 1.165) is 24.6 Å². The number of nitrogens with zero attached hydrogens (tertiary/aromatic N) is 4. The van der Waals surface area contributed by atoms with Gasteiger partial charge in [-0.1, -0.05) is 0 Å². The van der Waals surface area contributed by atoms with Crippen LogP contribution in [0.4, 0.5) is 11.5 Å². The molecule has 0 aliphatic carbocycles. The van der Waals surface area contributed by atoms with Crippen molar-refractivity contribution in [2.75, 3.05) is 49.3 Å². The summed E-state index contributed by atoms with van der Waals surface area (Å²) >= 11 is 5.88. The lowest BCUT2D eigenvalue weighted by Crippen LogP contribution is -2.56. The summed E-state index contributed by atoms with van der Waals surface area (Å²) in [5, 5.41) is 9.40. The second-order valence-electron chi connectivity index (χ2n) is 4.44. The largest absolute Gasteiger partial charge is 0.395 e. The second kappa shape index (κ2) is 4.87. The number of halogens is 1. The molecule has 0 saturated carbocycles. The first-order chi connectivity index (χ1) is 8.79. The van der Waals surface area contributed by atoms with Crippen LogP contribution in [0.15, 0.2) is 6.20 Å². The van der Waals surface area contributed by atoms with Crippen LogP contribution in [0.2, 0.25) is 5.28 Å². The number of hydrogen-bond donors (Lipinski definition) is 1. The van der Waals surface area contributed by atoms with E-state index in [1.807, 2.05) is 0 Å². The summed E-state index contributed by atoms with van der Waals surface area (Å²) in [6.07, 6.45) is 1.73. The minimum Gasteiger partial charge on any atom is -0.395 e. The molecule has 0 amide bonds. The van der Waals surface area contributed by atoms with E-state index in [-0.39, 0.29) is 17.9 Å². The number of β-amino-alcohol motifs (C(OH)–C–C–N with tert-alkyl or cyclic N) is 1. The van der Waals surface area contributed by atoms with Crippen LogP contribution in [-0.2, 0) is 4.74 Å². The number of ether oxygens (including phenoxy) is 1. The standard InChI is InChI=1S/C11H15ClN4O2/c12-11-13-5-9-10(14-11)16-2-4-18-7-8(16)6-15(9)1-3-17/h5,8,17H,1-4,6-7H2. The molecule has 18 heavy (non-hydrogen) atoms. The summed E-state index contributed by atoms with van der Waals surface area (Å²) in [6.45, 7) is 3.70. The predicted molar refractivity (Wildman–Crippen MR) is 68.3 cm³/mol. The highest BCUT2D eigenvalue weighted by atomic mass is 35.5. The SMILES string of the molecule is OCCN1CC2COCCN2c2nc(Cl)ncc21. The van der Waals surface area contributed by atoms with Crippen LogP contribution >= 0.6 is 11.6 Å². The summed E-state index contributed by atoms with van der Waals surface area (Å²) in [7, 11) is 0. The van der Waals surface area contributed by atoms with Gasteiger partial charge in [-0.2, -0.15) is 4.98 Å². The molecule has 7 heteroatoms. The fraction of sp³-hybridized carbons (Fsp3) is 0.636. The number of aliphatic hydroxyl groups excluding tert-OH is 1. The fourth-order valence-corrected chi connectivity index (χ4v) is 2.68. The number of anilines is 2. The van der Waals surface area contributed by atoms with E-state index in [2.05, 4.69) is 19.8 Å². The highest BCUT2D eigenvalue weighted by molar-refractivity contribution is 6.28. The summed E-state index contributed by atoms with van der Waals surface area (Å²) in [5.41, 5.74) is 0.937. The summed E-state index contributed by atoms with van der Waals surface area (Å²) in [4.78, 5) is 12.7. The lowest BCUT2D eigenvalue weighted by atomic mass is 10.1. The van der Waals surface area contributed by atoms with Crippen molar-refractivity contribution in [1.29, 1.82) is 0 Å². The number of rotatable bonds is 2. The smallest absolute Gasteiger partial charge is 0.224 e. The fourth-order valence-electron chi connectivity index (χ4n) is 2.55. The number of hydrogen-bond acceptors (Lipinski definition) is 6. The molecule has 1 atom stereocenters. The maximum absolute atomic E-state index is 9.14. The molecule has 1 aromatic heterocycles. The van der Waals surface area contributed by atoms with Crippen LogP contribution in [-0.4, -0.2) is 60.6 Å². The summed E-state index contributed by atoms with van der Waals surface area (Å²) < 4.78 is 5.50. The Morgan fingerprint density at radius 1 is 1.56 bits per heavy atom. The van der Waals surface area contributed by atoms with E-state index in [1.165, 1.54) is 0 Å². The van der Waals surface area contributed by atoms with Gasteiger partial charge < -0.3 is 19.6 Å². The molecule has 0 aromatic carbocycles. The van der Waals surface area contributed by atoms with Gasteiger partial charge in [-0.15, -0.1) is 0 Å². The van der Waals surface area contributed by atoms with Crippen molar-refractivity contribution in [1.82, 2.24) is 9.97 Å². The molecule has 0 spiro atoms. The van der Waals surface area contributed by atoms with E-state index < -0.39 is 0 Å². The van der Waals surface area contributed by atoms with Crippen LogP contribution in [0, 0.1) is 0 Å². The zero-order chi connectivity index (χ0) is 12.5. The first kappa shape index (κ1) is 12.0. The molecule has 98 valence electrons. The molecule has 2 aliphatic rings. The Bertz CT molecular complexity index is 445. The summed E-state index contributed by atoms with van der Waals surface area (Å²) in [5.74, 6) is 0.850. The van der Waals surface area contributed by atoms with Crippen molar-refractivity contribution in [3.8, 4) is 0 Å². The molecular formula is C11H15ClN4O2. The van der Waals surface area contributed by atoms with Gasteiger partial charge in [-0.25, -0.2) is 4.98 Å². The van der Waals surface area contributed by atoms with Gasteiger partial charge >= 0.3 is 0 Å². The monoisotopic (exact) mass is 270 g/mol. The molecule has 3 rings (SSSR count). The van der Waals surface area contributed by atoms with Gasteiger partial charge in [0.05, 0.1) is 37.7 Å². The van der Waals surface area contributed by atoms with Crippen molar-refractivity contribution >= 4 is 23.1 Å². The third-order valence-corrected chi connectivity index (χ3v) is 3.54. The number of morpholine rings is 1. The predicted octanol–water partition coefficient (Wildman–Crippen LogP) is 0.147. The molecule has 1 fully saturated rings. The molecule has 2 aliphatic heterocycles. The van der Waals surface area contributed by atoms with Crippen LogP contribution in [0.1, 0.15) is 0 Å². The van der Waals surface area contributed by atoms with Gasteiger partial charge in [0.25, 0.3) is 0 Å². The molecule has 1 saturated heterocycles. The minimum absolute atomic E-state index is 0.107. The average molecular weight is 271 g/mol. The van der Waals surface area contributed by atoms with E-state index in [1.54, 1.807) is 6.20 Å².